The van der Waals surface area contributed by atoms with Crippen LogP contribution in [0.4, 0.5) is 0 Å². The maximum Gasteiger partial charge on any atom is 0.256 e. The van der Waals surface area contributed by atoms with Gasteiger partial charge in [0.25, 0.3) is 5.91 Å². The second-order valence-electron chi connectivity index (χ2n) is 6.81. The van der Waals surface area contributed by atoms with Gasteiger partial charge in [0.1, 0.15) is 5.75 Å². The van der Waals surface area contributed by atoms with Gasteiger partial charge in [0.15, 0.2) is 0 Å². The van der Waals surface area contributed by atoms with Crippen molar-refractivity contribution in [1.82, 2.24) is 14.5 Å². The maximum atomic E-state index is 13.4. The first-order valence-corrected chi connectivity index (χ1v) is 9.04. The van der Waals surface area contributed by atoms with E-state index in [-0.39, 0.29) is 11.9 Å². The molecule has 0 radical (unpaired) electrons. The van der Waals surface area contributed by atoms with Crippen LogP contribution in [0.15, 0.2) is 42.6 Å². The quantitative estimate of drug-likeness (QED) is 0.716. The van der Waals surface area contributed by atoms with E-state index >= 15 is 0 Å². The van der Waals surface area contributed by atoms with E-state index in [0.29, 0.717) is 25.3 Å². The van der Waals surface area contributed by atoms with Gasteiger partial charge in [-0.2, -0.15) is 0 Å². The number of methoxy groups -OCH3 is 1. The number of carbonyl (C=O) groups is 1. The number of hydrogen-bond acceptors (Lipinski definition) is 4. The van der Waals surface area contributed by atoms with Crippen LogP contribution in [-0.2, 0) is 11.8 Å². The normalized spacial score (nSPS) is 17.3. The summed E-state index contributed by atoms with van der Waals surface area (Å²) in [6, 6.07) is 11.6. The first-order valence-electron chi connectivity index (χ1n) is 9.04. The Morgan fingerprint density at radius 1 is 1.30 bits per heavy atom. The molecule has 0 saturated carbocycles. The van der Waals surface area contributed by atoms with Gasteiger partial charge in [0.05, 0.1) is 43.1 Å². The summed E-state index contributed by atoms with van der Waals surface area (Å²) in [5, 5.41) is 0.924. The standard InChI is InChI=1S/C21H23N3O3/c1-14-17(11-15-6-7-16(26-3)12-18(15)22-14)21(25)24-9-10-27-13-20(24)19-5-4-8-23(19)2/h4-8,11-12,20H,9-10,13H2,1-3H3. The molecule has 4 rings (SSSR count). The summed E-state index contributed by atoms with van der Waals surface area (Å²) < 4.78 is 13.0. The Morgan fingerprint density at radius 2 is 2.15 bits per heavy atom. The van der Waals surface area contributed by atoms with E-state index in [1.54, 1.807) is 7.11 Å². The minimum Gasteiger partial charge on any atom is -0.497 e. The number of hydrogen-bond donors (Lipinski definition) is 0. The van der Waals surface area contributed by atoms with Gasteiger partial charge in [-0.25, -0.2) is 0 Å². The number of amides is 1. The van der Waals surface area contributed by atoms with Crippen molar-refractivity contribution in [3.8, 4) is 5.75 Å². The number of ether oxygens (including phenoxy) is 2. The molecule has 27 heavy (non-hydrogen) atoms. The van der Waals surface area contributed by atoms with Crippen LogP contribution < -0.4 is 4.74 Å². The molecule has 1 aromatic carbocycles. The molecule has 1 aliphatic rings. The molecule has 1 saturated heterocycles. The summed E-state index contributed by atoms with van der Waals surface area (Å²) in [5.74, 6) is 0.748. The van der Waals surface area contributed by atoms with Crippen molar-refractivity contribution in [2.24, 2.45) is 7.05 Å². The summed E-state index contributed by atoms with van der Waals surface area (Å²) in [6.07, 6.45) is 1.99. The highest BCUT2D eigenvalue weighted by atomic mass is 16.5. The van der Waals surface area contributed by atoms with Crippen molar-refractivity contribution >= 4 is 16.8 Å². The summed E-state index contributed by atoms with van der Waals surface area (Å²) >= 11 is 0. The van der Waals surface area contributed by atoms with Crippen LogP contribution in [0.25, 0.3) is 10.9 Å². The zero-order valence-corrected chi connectivity index (χ0v) is 15.8. The number of pyridine rings is 1. The van der Waals surface area contributed by atoms with Crippen LogP contribution in [0, 0.1) is 6.92 Å². The van der Waals surface area contributed by atoms with Crippen LogP contribution in [0.1, 0.15) is 27.8 Å². The fourth-order valence-electron chi connectivity index (χ4n) is 3.65. The van der Waals surface area contributed by atoms with Gasteiger partial charge in [-0.05, 0) is 37.3 Å². The number of aryl methyl sites for hydroxylation is 2. The number of morpholine rings is 1. The van der Waals surface area contributed by atoms with E-state index in [2.05, 4.69) is 4.98 Å². The monoisotopic (exact) mass is 365 g/mol. The Kier molecular flexibility index (Phi) is 4.58. The van der Waals surface area contributed by atoms with Gasteiger partial charge in [-0.3, -0.25) is 9.78 Å². The van der Waals surface area contributed by atoms with E-state index < -0.39 is 0 Å². The molecule has 6 nitrogen and oxygen atoms in total. The van der Waals surface area contributed by atoms with E-state index in [1.165, 1.54) is 0 Å². The number of carbonyl (C=O) groups excluding carboxylic acids is 1. The largest absolute Gasteiger partial charge is 0.497 e. The fourth-order valence-corrected chi connectivity index (χ4v) is 3.65. The lowest BCUT2D eigenvalue weighted by molar-refractivity contribution is -0.00468. The summed E-state index contributed by atoms with van der Waals surface area (Å²) in [5.41, 5.74) is 3.25. The Hall–Kier alpha value is -2.86. The third-order valence-electron chi connectivity index (χ3n) is 5.16. The lowest BCUT2D eigenvalue weighted by atomic mass is 10.1. The van der Waals surface area contributed by atoms with Crippen LogP contribution in [0.2, 0.25) is 0 Å². The maximum absolute atomic E-state index is 13.4. The highest BCUT2D eigenvalue weighted by molar-refractivity contribution is 5.99. The smallest absolute Gasteiger partial charge is 0.256 e. The van der Waals surface area contributed by atoms with Gasteiger partial charge in [0.2, 0.25) is 0 Å². The molecule has 0 N–H and O–H groups in total. The van der Waals surface area contributed by atoms with Crippen molar-refractivity contribution in [1.29, 1.82) is 0 Å². The Morgan fingerprint density at radius 3 is 2.89 bits per heavy atom. The van der Waals surface area contributed by atoms with Gasteiger partial charge in [0, 0.05) is 36.9 Å². The first kappa shape index (κ1) is 17.5. The van der Waals surface area contributed by atoms with Gasteiger partial charge >= 0.3 is 0 Å². The third-order valence-corrected chi connectivity index (χ3v) is 5.16. The minimum atomic E-state index is -0.0998. The summed E-state index contributed by atoms with van der Waals surface area (Å²) in [7, 11) is 3.62. The molecule has 1 amide bonds. The molecule has 6 heteroatoms. The van der Waals surface area contributed by atoms with Crippen LogP contribution in [-0.4, -0.2) is 47.2 Å². The number of rotatable bonds is 3. The topological polar surface area (TPSA) is 56.6 Å². The molecular formula is C21H23N3O3. The van der Waals surface area contributed by atoms with Crippen LogP contribution >= 0.6 is 0 Å². The number of aromatic nitrogens is 2. The van der Waals surface area contributed by atoms with Crippen molar-refractivity contribution < 1.29 is 14.3 Å². The van der Waals surface area contributed by atoms with Crippen LogP contribution in [0.5, 0.6) is 5.75 Å². The van der Waals surface area contributed by atoms with E-state index in [1.807, 2.05) is 66.0 Å². The lowest BCUT2D eigenvalue weighted by Crippen LogP contribution is -2.44. The molecule has 0 bridgehead atoms. The minimum absolute atomic E-state index is 0.00721. The summed E-state index contributed by atoms with van der Waals surface area (Å²) in [6.45, 7) is 3.49. The molecular weight excluding hydrogens is 342 g/mol. The van der Waals surface area contributed by atoms with Crippen molar-refractivity contribution in [3.05, 3.63) is 59.5 Å². The van der Waals surface area contributed by atoms with Gasteiger partial charge in [-0.1, -0.05) is 0 Å². The molecule has 140 valence electrons. The van der Waals surface area contributed by atoms with Crippen molar-refractivity contribution in [2.75, 3.05) is 26.9 Å². The molecule has 0 aliphatic carbocycles. The molecule has 3 aromatic rings. The predicted octanol–water partition coefficient (Wildman–Crippen LogP) is 3.10. The second-order valence-corrected chi connectivity index (χ2v) is 6.81. The number of fused-ring (bicyclic) bond motifs is 1. The van der Waals surface area contributed by atoms with Gasteiger partial charge < -0.3 is 18.9 Å². The average molecular weight is 365 g/mol. The molecule has 1 atom stereocenters. The Bertz CT molecular complexity index is 996. The SMILES string of the molecule is COc1ccc2cc(C(=O)N3CCOCC3c3cccn3C)c(C)nc2c1. The second kappa shape index (κ2) is 7.04. The van der Waals surface area contributed by atoms with Crippen LogP contribution in [0.3, 0.4) is 0 Å². The molecule has 1 aliphatic heterocycles. The average Bonchev–Trinajstić information content (AvgIpc) is 3.12. The predicted molar refractivity (Wildman–Crippen MR) is 103 cm³/mol. The molecule has 0 spiro atoms. The zero-order chi connectivity index (χ0) is 19.0. The molecule has 1 unspecified atom stereocenters. The van der Waals surface area contributed by atoms with Crippen molar-refractivity contribution in [2.45, 2.75) is 13.0 Å². The van der Waals surface area contributed by atoms with E-state index in [0.717, 1.165) is 28.0 Å². The first-order chi connectivity index (χ1) is 13.1. The molecule has 2 aromatic heterocycles. The van der Waals surface area contributed by atoms with Gasteiger partial charge in [-0.15, -0.1) is 0 Å². The molecule has 1 fully saturated rings. The highest BCUT2D eigenvalue weighted by Crippen LogP contribution is 2.28. The highest BCUT2D eigenvalue weighted by Gasteiger charge is 2.31. The fraction of sp³-hybridized carbons (Fsp3) is 0.333. The zero-order valence-electron chi connectivity index (χ0n) is 15.8. The van der Waals surface area contributed by atoms with E-state index in [4.69, 9.17) is 9.47 Å². The lowest BCUT2D eigenvalue weighted by Gasteiger charge is -2.36. The summed E-state index contributed by atoms with van der Waals surface area (Å²) in [4.78, 5) is 19.9. The third kappa shape index (κ3) is 3.17. The number of nitrogens with zero attached hydrogens (tertiary/aromatic N) is 3. The van der Waals surface area contributed by atoms with E-state index in [9.17, 15) is 4.79 Å². The van der Waals surface area contributed by atoms with Crippen molar-refractivity contribution in [3.63, 3.8) is 0 Å². The Balaban J connectivity index is 1.72. The number of benzene rings is 1. The Labute approximate surface area is 158 Å². The molecule has 3 heterocycles.